The number of benzene rings is 1. The molecule has 2 rings (SSSR count). The van der Waals surface area contributed by atoms with Gasteiger partial charge in [0.2, 0.25) is 10.0 Å². The third kappa shape index (κ3) is 3.39. The molecule has 1 N–H and O–H groups in total. The van der Waals surface area contributed by atoms with Crippen LogP contribution in [0.2, 0.25) is 0 Å². The van der Waals surface area contributed by atoms with Crippen LogP contribution in [0.15, 0.2) is 24.3 Å². The zero-order valence-corrected chi connectivity index (χ0v) is 11.9. The summed E-state index contributed by atoms with van der Waals surface area (Å²) in [6.07, 6.45) is 0. The summed E-state index contributed by atoms with van der Waals surface area (Å²) in [5, 5.41) is 18.1. The second-order valence-corrected chi connectivity index (χ2v) is 6.49. The molecule has 8 heteroatoms. The van der Waals surface area contributed by atoms with Crippen LogP contribution in [0, 0.1) is 11.3 Å². The van der Waals surface area contributed by atoms with Gasteiger partial charge in [-0.15, -0.1) is 0 Å². The maximum atomic E-state index is 12.4. The molecule has 0 spiro atoms. The SMILES string of the molecule is N#Cc1ccccc1CS(=O)(=O)N1CCOCC1C(=O)O. The standard InChI is InChI=1S/C13H14N2O5S/c14-7-10-3-1-2-4-11(10)9-21(18,19)15-5-6-20-8-12(15)13(16)17/h1-4,12H,5-6,8-9H2,(H,16,17). The van der Waals surface area contributed by atoms with Crippen molar-refractivity contribution in [2.45, 2.75) is 11.8 Å². The van der Waals surface area contributed by atoms with Crippen molar-refractivity contribution in [3.05, 3.63) is 35.4 Å². The number of ether oxygens (including phenoxy) is 1. The molecule has 0 aromatic heterocycles. The lowest BCUT2D eigenvalue weighted by Crippen LogP contribution is -2.52. The quantitative estimate of drug-likeness (QED) is 0.849. The van der Waals surface area contributed by atoms with Gasteiger partial charge in [0, 0.05) is 6.54 Å². The minimum absolute atomic E-state index is 0.00593. The van der Waals surface area contributed by atoms with E-state index >= 15 is 0 Å². The number of nitrogens with zero attached hydrogens (tertiary/aromatic N) is 2. The van der Waals surface area contributed by atoms with Crippen molar-refractivity contribution >= 4 is 16.0 Å². The second-order valence-electron chi connectivity index (χ2n) is 4.56. The molecule has 0 aliphatic carbocycles. The molecule has 21 heavy (non-hydrogen) atoms. The molecule has 0 amide bonds. The van der Waals surface area contributed by atoms with E-state index < -0.39 is 27.8 Å². The number of rotatable bonds is 4. The minimum atomic E-state index is -3.84. The minimum Gasteiger partial charge on any atom is -0.480 e. The number of sulfonamides is 1. The molecule has 0 saturated carbocycles. The first-order valence-corrected chi connectivity index (χ1v) is 7.84. The lowest BCUT2D eigenvalue weighted by atomic mass is 10.1. The monoisotopic (exact) mass is 310 g/mol. The second kappa shape index (κ2) is 6.22. The van der Waals surface area contributed by atoms with Crippen molar-refractivity contribution in [3.8, 4) is 6.07 Å². The van der Waals surface area contributed by atoms with E-state index in [0.29, 0.717) is 5.56 Å². The summed E-state index contributed by atoms with van der Waals surface area (Å²) in [6, 6.07) is 7.06. The number of hydrogen-bond donors (Lipinski definition) is 1. The van der Waals surface area contributed by atoms with Gasteiger partial charge in [-0.05, 0) is 11.6 Å². The molecule has 0 radical (unpaired) electrons. The highest BCUT2D eigenvalue weighted by atomic mass is 32.2. The molecule has 1 heterocycles. The Hall–Kier alpha value is -1.95. The van der Waals surface area contributed by atoms with Gasteiger partial charge >= 0.3 is 5.97 Å². The van der Waals surface area contributed by atoms with Crippen LogP contribution < -0.4 is 0 Å². The average Bonchev–Trinajstić information content (AvgIpc) is 2.47. The van der Waals surface area contributed by atoms with Crippen molar-refractivity contribution in [2.75, 3.05) is 19.8 Å². The third-order valence-electron chi connectivity index (χ3n) is 3.20. The highest BCUT2D eigenvalue weighted by Gasteiger charge is 2.37. The Morgan fingerprint density at radius 3 is 2.86 bits per heavy atom. The van der Waals surface area contributed by atoms with E-state index in [1.54, 1.807) is 18.2 Å². The van der Waals surface area contributed by atoms with E-state index in [-0.39, 0.29) is 25.3 Å². The van der Waals surface area contributed by atoms with Crippen LogP contribution in [0.5, 0.6) is 0 Å². The van der Waals surface area contributed by atoms with E-state index in [9.17, 15) is 13.2 Å². The topological polar surface area (TPSA) is 108 Å². The summed E-state index contributed by atoms with van der Waals surface area (Å²) in [6.45, 7) is -0.0224. The van der Waals surface area contributed by atoms with E-state index in [4.69, 9.17) is 15.1 Å². The summed E-state index contributed by atoms with van der Waals surface area (Å²) >= 11 is 0. The van der Waals surface area contributed by atoms with Gasteiger partial charge in [0.15, 0.2) is 0 Å². The molecule has 1 fully saturated rings. The van der Waals surface area contributed by atoms with Crippen LogP contribution in [-0.4, -0.2) is 49.6 Å². The predicted octanol–water partition coefficient (Wildman–Crippen LogP) is 0.173. The highest BCUT2D eigenvalue weighted by Crippen LogP contribution is 2.19. The maximum Gasteiger partial charge on any atom is 0.324 e. The number of carboxylic acids is 1. The Morgan fingerprint density at radius 2 is 2.19 bits per heavy atom. The Morgan fingerprint density at radius 1 is 1.48 bits per heavy atom. The number of nitriles is 1. The predicted molar refractivity (Wildman–Crippen MR) is 72.7 cm³/mol. The van der Waals surface area contributed by atoms with Gasteiger partial charge in [-0.1, -0.05) is 18.2 Å². The van der Waals surface area contributed by atoms with Crippen molar-refractivity contribution in [2.24, 2.45) is 0 Å². The fourth-order valence-electron chi connectivity index (χ4n) is 2.15. The molecule has 1 aliphatic rings. The van der Waals surface area contributed by atoms with E-state index in [2.05, 4.69) is 0 Å². The first-order valence-electron chi connectivity index (χ1n) is 6.24. The number of morpholine rings is 1. The smallest absolute Gasteiger partial charge is 0.324 e. The van der Waals surface area contributed by atoms with Crippen LogP contribution >= 0.6 is 0 Å². The molecule has 1 aromatic carbocycles. The van der Waals surface area contributed by atoms with Crippen molar-refractivity contribution < 1.29 is 23.1 Å². The van der Waals surface area contributed by atoms with Crippen molar-refractivity contribution in [1.82, 2.24) is 4.31 Å². The van der Waals surface area contributed by atoms with Gasteiger partial charge in [0.25, 0.3) is 0 Å². The van der Waals surface area contributed by atoms with Gasteiger partial charge < -0.3 is 9.84 Å². The summed E-state index contributed by atoms with van der Waals surface area (Å²) in [7, 11) is -3.84. The van der Waals surface area contributed by atoms with Crippen molar-refractivity contribution in [3.63, 3.8) is 0 Å². The molecule has 1 atom stereocenters. The Bertz CT molecular complexity index is 680. The first-order chi connectivity index (χ1) is 9.95. The molecular weight excluding hydrogens is 296 g/mol. The van der Waals surface area contributed by atoms with Crippen molar-refractivity contribution in [1.29, 1.82) is 5.26 Å². The number of carbonyl (C=O) groups is 1. The van der Waals surface area contributed by atoms with Crippen LogP contribution in [0.3, 0.4) is 0 Å². The summed E-state index contributed by atoms with van der Waals surface area (Å²) < 4.78 is 30.8. The molecule has 7 nitrogen and oxygen atoms in total. The molecule has 0 bridgehead atoms. The zero-order chi connectivity index (χ0) is 15.5. The van der Waals surface area contributed by atoms with Crippen LogP contribution in [-0.2, 0) is 25.3 Å². The third-order valence-corrected chi connectivity index (χ3v) is 5.02. The van der Waals surface area contributed by atoms with Crippen LogP contribution in [0.1, 0.15) is 11.1 Å². The average molecular weight is 310 g/mol. The Balaban J connectivity index is 2.29. The normalized spacial score (nSPS) is 19.9. The Labute approximate surface area is 122 Å². The molecule has 112 valence electrons. The van der Waals surface area contributed by atoms with Gasteiger partial charge in [-0.25, -0.2) is 8.42 Å². The molecule has 1 aromatic rings. The van der Waals surface area contributed by atoms with Gasteiger partial charge in [0.05, 0.1) is 30.6 Å². The van der Waals surface area contributed by atoms with Gasteiger partial charge in [-0.3, -0.25) is 4.79 Å². The molecule has 1 aliphatic heterocycles. The summed E-state index contributed by atoms with van der Waals surface area (Å²) in [4.78, 5) is 11.1. The van der Waals surface area contributed by atoms with Gasteiger partial charge in [0.1, 0.15) is 6.04 Å². The number of carboxylic acid groups (broad SMARTS) is 1. The zero-order valence-electron chi connectivity index (χ0n) is 11.1. The molecular formula is C13H14N2O5S. The summed E-state index contributed by atoms with van der Waals surface area (Å²) in [5.41, 5.74) is 0.622. The maximum absolute atomic E-state index is 12.4. The highest BCUT2D eigenvalue weighted by molar-refractivity contribution is 7.88. The number of hydrogen-bond acceptors (Lipinski definition) is 5. The lowest BCUT2D eigenvalue weighted by molar-refractivity contribution is -0.146. The van der Waals surface area contributed by atoms with Crippen LogP contribution in [0.4, 0.5) is 0 Å². The molecule has 1 saturated heterocycles. The summed E-state index contributed by atoms with van der Waals surface area (Å²) in [5.74, 6) is -1.65. The van der Waals surface area contributed by atoms with E-state index in [1.165, 1.54) is 6.07 Å². The fourth-order valence-corrected chi connectivity index (χ4v) is 3.85. The molecule has 1 unspecified atom stereocenters. The van der Waals surface area contributed by atoms with Crippen LogP contribution in [0.25, 0.3) is 0 Å². The Kier molecular flexibility index (Phi) is 4.57. The van der Waals surface area contributed by atoms with Gasteiger partial charge in [-0.2, -0.15) is 9.57 Å². The first kappa shape index (κ1) is 15.4. The lowest BCUT2D eigenvalue weighted by Gasteiger charge is -2.31. The van der Waals surface area contributed by atoms with E-state index in [0.717, 1.165) is 4.31 Å². The largest absolute Gasteiger partial charge is 0.480 e. The fraction of sp³-hybridized carbons (Fsp3) is 0.385. The number of aliphatic carboxylic acids is 1. The van der Waals surface area contributed by atoms with E-state index in [1.807, 2.05) is 6.07 Å².